The molecule has 6 nitrogen and oxygen atoms in total. The summed E-state index contributed by atoms with van der Waals surface area (Å²) in [5.74, 6) is 0. The van der Waals surface area contributed by atoms with Gasteiger partial charge in [-0.25, -0.2) is 0 Å². The molecule has 1 fully saturated rings. The molecule has 0 aromatic rings. The van der Waals surface area contributed by atoms with Gasteiger partial charge in [-0.1, -0.05) is 0 Å². The van der Waals surface area contributed by atoms with Gasteiger partial charge in [0.15, 0.2) is 0 Å². The molecular formula is C6H15N3O3. The summed E-state index contributed by atoms with van der Waals surface area (Å²) in [5.41, 5.74) is 10.8. The Hall–Kier alpha value is -0.240. The fraction of sp³-hybridized carbons (Fsp3) is 1.00. The van der Waals surface area contributed by atoms with Gasteiger partial charge >= 0.3 is 0 Å². The van der Waals surface area contributed by atoms with Crippen LogP contribution in [0.25, 0.3) is 0 Å². The van der Waals surface area contributed by atoms with Crippen molar-refractivity contribution in [2.24, 2.45) is 17.2 Å². The van der Waals surface area contributed by atoms with E-state index < -0.39 is 17.2 Å². The Morgan fingerprint density at radius 2 is 0.833 bits per heavy atom. The minimum absolute atomic E-state index is 0.195. The summed E-state index contributed by atoms with van der Waals surface area (Å²) in [4.78, 5) is 0. The van der Waals surface area contributed by atoms with Gasteiger partial charge in [0, 0.05) is 19.3 Å². The van der Waals surface area contributed by atoms with Crippen molar-refractivity contribution in [1.82, 2.24) is 0 Å². The number of rotatable bonds is 0. The lowest BCUT2D eigenvalue weighted by molar-refractivity contribution is -0.172. The Labute approximate surface area is 70.0 Å². The number of aliphatic hydroxyl groups is 3. The number of nitrogens with two attached hydrogens (primary N) is 3. The maximum Gasteiger partial charge on any atom is 0.121 e. The zero-order chi connectivity index (χ0) is 9.62. The highest BCUT2D eigenvalue weighted by atomic mass is 16.3. The lowest BCUT2D eigenvalue weighted by Crippen LogP contribution is -2.66. The molecule has 12 heavy (non-hydrogen) atoms. The molecule has 0 radical (unpaired) electrons. The van der Waals surface area contributed by atoms with Crippen molar-refractivity contribution in [2.45, 2.75) is 36.4 Å². The van der Waals surface area contributed by atoms with Crippen LogP contribution in [0.2, 0.25) is 0 Å². The first-order valence-electron chi connectivity index (χ1n) is 3.66. The van der Waals surface area contributed by atoms with Crippen LogP contribution in [0.4, 0.5) is 0 Å². The van der Waals surface area contributed by atoms with Gasteiger partial charge in [0.05, 0.1) is 0 Å². The van der Waals surface area contributed by atoms with E-state index in [9.17, 15) is 15.3 Å². The van der Waals surface area contributed by atoms with Crippen LogP contribution in [0.5, 0.6) is 0 Å². The molecule has 1 saturated carbocycles. The highest BCUT2D eigenvalue weighted by molar-refractivity contribution is 4.97. The van der Waals surface area contributed by atoms with Crippen molar-refractivity contribution in [2.75, 3.05) is 0 Å². The molecule has 0 heterocycles. The van der Waals surface area contributed by atoms with Crippen LogP contribution in [0.1, 0.15) is 19.3 Å². The van der Waals surface area contributed by atoms with Crippen LogP contribution in [-0.4, -0.2) is 32.5 Å². The van der Waals surface area contributed by atoms with Crippen LogP contribution in [-0.2, 0) is 0 Å². The molecule has 0 unspecified atom stereocenters. The van der Waals surface area contributed by atoms with Gasteiger partial charge in [0.25, 0.3) is 0 Å². The highest BCUT2D eigenvalue weighted by Gasteiger charge is 2.48. The Morgan fingerprint density at radius 1 is 0.667 bits per heavy atom. The van der Waals surface area contributed by atoms with E-state index >= 15 is 0 Å². The maximum atomic E-state index is 9.34. The van der Waals surface area contributed by atoms with Gasteiger partial charge in [-0.15, -0.1) is 0 Å². The molecule has 0 aromatic heterocycles. The quantitative estimate of drug-likeness (QED) is 0.220. The van der Waals surface area contributed by atoms with E-state index in [1.807, 2.05) is 0 Å². The fourth-order valence-corrected chi connectivity index (χ4v) is 1.78. The predicted octanol–water partition coefficient (Wildman–Crippen LogP) is -2.89. The zero-order valence-electron chi connectivity index (χ0n) is 6.70. The normalized spacial score (nSPS) is 55.5. The standard InChI is InChI=1S/C6H15N3O3/c7-4(10)1-5(8,11)3-6(9,12)2-4/h10-12H,1-3,7-9H2. The first kappa shape index (κ1) is 9.85. The second-order valence-corrected chi connectivity index (χ2v) is 3.84. The van der Waals surface area contributed by atoms with Gasteiger partial charge in [-0.2, -0.15) is 0 Å². The monoisotopic (exact) mass is 177 g/mol. The fourth-order valence-electron chi connectivity index (χ4n) is 1.78. The molecule has 1 rings (SSSR count). The Balaban J connectivity index is 2.81. The topological polar surface area (TPSA) is 139 Å². The summed E-state index contributed by atoms with van der Waals surface area (Å²) in [7, 11) is 0. The molecule has 0 bridgehead atoms. The minimum atomic E-state index is -1.70. The van der Waals surface area contributed by atoms with E-state index in [0.717, 1.165) is 0 Å². The van der Waals surface area contributed by atoms with E-state index in [4.69, 9.17) is 17.2 Å². The molecule has 72 valence electrons. The number of hydrogen-bond donors (Lipinski definition) is 6. The van der Waals surface area contributed by atoms with E-state index in [1.54, 1.807) is 0 Å². The van der Waals surface area contributed by atoms with E-state index in [2.05, 4.69) is 0 Å². The van der Waals surface area contributed by atoms with Gasteiger partial charge < -0.3 is 32.5 Å². The zero-order valence-corrected chi connectivity index (χ0v) is 6.70. The summed E-state index contributed by atoms with van der Waals surface area (Å²) >= 11 is 0. The van der Waals surface area contributed by atoms with Crippen molar-refractivity contribution >= 4 is 0 Å². The molecule has 0 atom stereocenters. The largest absolute Gasteiger partial charge is 0.376 e. The molecule has 0 spiro atoms. The third-order valence-corrected chi connectivity index (χ3v) is 1.84. The molecule has 0 amide bonds. The van der Waals surface area contributed by atoms with Crippen molar-refractivity contribution in [3.05, 3.63) is 0 Å². The van der Waals surface area contributed by atoms with Crippen molar-refractivity contribution in [3.8, 4) is 0 Å². The third kappa shape index (κ3) is 2.37. The summed E-state index contributed by atoms with van der Waals surface area (Å²) < 4.78 is 0. The van der Waals surface area contributed by atoms with E-state index in [-0.39, 0.29) is 19.3 Å². The van der Waals surface area contributed by atoms with Gasteiger partial charge in [0.1, 0.15) is 17.2 Å². The maximum absolute atomic E-state index is 9.34. The van der Waals surface area contributed by atoms with Gasteiger partial charge in [-0.05, 0) is 0 Å². The molecule has 0 aliphatic heterocycles. The Bertz CT molecular complexity index is 145. The predicted molar refractivity (Wildman–Crippen MR) is 41.3 cm³/mol. The number of hydrogen-bond acceptors (Lipinski definition) is 6. The average Bonchev–Trinajstić information content (AvgIpc) is 1.44. The van der Waals surface area contributed by atoms with Crippen LogP contribution in [0.15, 0.2) is 0 Å². The molecular weight excluding hydrogens is 162 g/mol. The van der Waals surface area contributed by atoms with Crippen molar-refractivity contribution in [3.63, 3.8) is 0 Å². The van der Waals surface area contributed by atoms with E-state index in [1.165, 1.54) is 0 Å². The molecule has 0 saturated heterocycles. The molecule has 1 aliphatic rings. The van der Waals surface area contributed by atoms with Crippen LogP contribution < -0.4 is 17.2 Å². The summed E-state index contributed by atoms with van der Waals surface area (Å²) in [6.07, 6.45) is -0.585. The van der Waals surface area contributed by atoms with Crippen LogP contribution in [0.3, 0.4) is 0 Å². The first-order valence-corrected chi connectivity index (χ1v) is 3.66. The highest BCUT2D eigenvalue weighted by Crippen LogP contribution is 2.32. The summed E-state index contributed by atoms with van der Waals surface area (Å²) in [5, 5.41) is 28.0. The van der Waals surface area contributed by atoms with Crippen LogP contribution in [0, 0.1) is 0 Å². The smallest absolute Gasteiger partial charge is 0.121 e. The minimum Gasteiger partial charge on any atom is -0.376 e. The van der Waals surface area contributed by atoms with Gasteiger partial charge in [0.2, 0.25) is 0 Å². The molecule has 1 aliphatic carbocycles. The van der Waals surface area contributed by atoms with Crippen molar-refractivity contribution < 1.29 is 15.3 Å². The SMILES string of the molecule is NC1(O)CC(N)(O)CC(N)(O)C1. The summed E-state index contributed by atoms with van der Waals surface area (Å²) in [6, 6.07) is 0. The second kappa shape index (κ2) is 2.38. The average molecular weight is 177 g/mol. The summed E-state index contributed by atoms with van der Waals surface area (Å²) in [6.45, 7) is 0. The van der Waals surface area contributed by atoms with Gasteiger partial charge in [-0.3, -0.25) is 0 Å². The molecule has 6 heteroatoms. The lowest BCUT2D eigenvalue weighted by Gasteiger charge is -2.44. The first-order chi connectivity index (χ1) is 5.12. The van der Waals surface area contributed by atoms with E-state index in [0.29, 0.717) is 0 Å². The van der Waals surface area contributed by atoms with Crippen molar-refractivity contribution in [1.29, 1.82) is 0 Å². The third-order valence-electron chi connectivity index (χ3n) is 1.84. The van der Waals surface area contributed by atoms with Crippen LogP contribution >= 0.6 is 0 Å². The Kier molecular flexibility index (Phi) is 1.95. The molecule has 9 N–H and O–H groups in total. The molecule has 0 aromatic carbocycles. The second-order valence-electron chi connectivity index (χ2n) is 3.84. The Morgan fingerprint density at radius 3 is 1.00 bits per heavy atom. The lowest BCUT2D eigenvalue weighted by atomic mass is 9.80.